The summed E-state index contributed by atoms with van der Waals surface area (Å²) in [7, 11) is 0. The van der Waals surface area contributed by atoms with E-state index < -0.39 is 0 Å². The van der Waals surface area contributed by atoms with E-state index >= 15 is 0 Å². The topological polar surface area (TPSA) is 12.0 Å². The summed E-state index contributed by atoms with van der Waals surface area (Å²) in [5.74, 6) is -0.368. The van der Waals surface area contributed by atoms with E-state index in [1.165, 1.54) is 12.8 Å². The van der Waals surface area contributed by atoms with Crippen LogP contribution < -0.4 is 5.32 Å². The van der Waals surface area contributed by atoms with Crippen LogP contribution in [0.5, 0.6) is 0 Å². The van der Waals surface area contributed by atoms with Gasteiger partial charge >= 0.3 is 0 Å². The van der Waals surface area contributed by atoms with Crippen LogP contribution in [0.1, 0.15) is 24.8 Å². The van der Waals surface area contributed by atoms with Gasteiger partial charge in [-0.3, -0.25) is 0 Å². The van der Waals surface area contributed by atoms with Gasteiger partial charge in [0.05, 0.1) is 5.02 Å². The molecule has 1 aliphatic carbocycles. The molecule has 1 N–H and O–H groups in total. The van der Waals surface area contributed by atoms with Gasteiger partial charge in [-0.05, 0) is 47.8 Å². The smallest absolute Gasteiger partial charge is 0.150 e. The molecule has 92 valence electrons. The molecule has 0 atom stereocenters. The van der Waals surface area contributed by atoms with Crippen LogP contribution in [0.4, 0.5) is 4.39 Å². The quantitative estimate of drug-likeness (QED) is 0.627. The van der Waals surface area contributed by atoms with Gasteiger partial charge in [0.1, 0.15) is 5.82 Å². The molecule has 1 nitrogen and oxygen atoms in total. The Hall–Kier alpha value is -0.380. The molecule has 1 saturated carbocycles. The second-order valence-electron chi connectivity index (χ2n) is 4.18. The molecule has 0 aliphatic heterocycles. The minimum atomic E-state index is -0.368. The maximum Gasteiger partial charge on any atom is 0.150 e. The molecule has 17 heavy (non-hydrogen) atoms. The second kappa shape index (κ2) is 5.98. The summed E-state index contributed by atoms with van der Waals surface area (Å²) in [5.41, 5.74) is 0.532. The molecule has 0 unspecified atom stereocenters. The molecule has 2 rings (SSSR count). The lowest BCUT2D eigenvalue weighted by molar-refractivity contribution is 0.624. The van der Waals surface area contributed by atoms with E-state index in [0.29, 0.717) is 10.0 Å². The summed E-state index contributed by atoms with van der Waals surface area (Å²) in [6, 6.07) is 4.20. The standard InChI is InChI=1S/C13H14BrClFN/c14-11-7-4-9(13(16)12(11)15)3-1-2-8-17-10-5-6-10/h1,3-4,7,10,17H,2,5-6,8H2/b3-1+. The van der Waals surface area contributed by atoms with E-state index in [9.17, 15) is 4.39 Å². The number of hydrogen-bond donors (Lipinski definition) is 1. The van der Waals surface area contributed by atoms with Gasteiger partial charge in [-0.25, -0.2) is 4.39 Å². The van der Waals surface area contributed by atoms with Crippen LogP contribution in [0, 0.1) is 5.82 Å². The average molecular weight is 319 g/mol. The van der Waals surface area contributed by atoms with Crippen molar-refractivity contribution in [2.24, 2.45) is 0 Å². The number of nitrogens with one attached hydrogen (secondary N) is 1. The highest BCUT2D eigenvalue weighted by Gasteiger charge is 2.19. The van der Waals surface area contributed by atoms with Crippen molar-refractivity contribution < 1.29 is 4.39 Å². The van der Waals surface area contributed by atoms with Gasteiger partial charge in [0.25, 0.3) is 0 Å². The van der Waals surface area contributed by atoms with E-state index in [1.54, 1.807) is 18.2 Å². The molecular weight excluding hydrogens is 305 g/mol. The zero-order valence-corrected chi connectivity index (χ0v) is 11.7. The Kier molecular flexibility index (Phi) is 4.60. The van der Waals surface area contributed by atoms with Gasteiger partial charge in [0.2, 0.25) is 0 Å². The van der Waals surface area contributed by atoms with Crippen molar-refractivity contribution in [3.8, 4) is 0 Å². The molecular formula is C13H14BrClFN. The maximum absolute atomic E-state index is 13.7. The van der Waals surface area contributed by atoms with Gasteiger partial charge < -0.3 is 5.32 Å². The normalized spacial score (nSPS) is 15.7. The minimum Gasteiger partial charge on any atom is -0.314 e. The van der Waals surface area contributed by atoms with Crippen LogP contribution >= 0.6 is 27.5 Å². The first-order valence-electron chi connectivity index (χ1n) is 5.72. The first kappa shape index (κ1) is 13.1. The predicted octanol–water partition coefficient (Wildman–Crippen LogP) is 4.40. The molecule has 0 heterocycles. The Morgan fingerprint density at radius 2 is 2.24 bits per heavy atom. The Balaban J connectivity index is 1.88. The van der Waals surface area contributed by atoms with Crippen molar-refractivity contribution in [3.63, 3.8) is 0 Å². The number of halogens is 3. The third-order valence-corrected chi connectivity index (χ3v) is 3.94. The predicted molar refractivity (Wildman–Crippen MR) is 73.8 cm³/mol. The van der Waals surface area contributed by atoms with Crippen LogP contribution in [0.25, 0.3) is 6.08 Å². The Bertz CT molecular complexity index is 430. The molecule has 0 amide bonds. The molecule has 0 saturated heterocycles. The third kappa shape index (κ3) is 3.80. The van der Waals surface area contributed by atoms with Crippen molar-refractivity contribution in [3.05, 3.63) is 39.1 Å². The summed E-state index contributed by atoms with van der Waals surface area (Å²) in [5, 5.41) is 3.54. The largest absolute Gasteiger partial charge is 0.314 e. The number of benzene rings is 1. The zero-order valence-electron chi connectivity index (χ0n) is 9.35. The summed E-state index contributed by atoms with van der Waals surface area (Å²) >= 11 is 8.99. The zero-order chi connectivity index (χ0) is 12.3. The second-order valence-corrected chi connectivity index (χ2v) is 5.42. The fourth-order valence-electron chi connectivity index (χ4n) is 1.54. The van der Waals surface area contributed by atoms with Gasteiger partial charge in [-0.1, -0.05) is 29.8 Å². The van der Waals surface area contributed by atoms with Crippen LogP contribution in [-0.2, 0) is 0 Å². The molecule has 0 bridgehead atoms. The van der Waals surface area contributed by atoms with Gasteiger partial charge in [-0.15, -0.1) is 0 Å². The van der Waals surface area contributed by atoms with Crippen molar-refractivity contribution in [2.75, 3.05) is 6.54 Å². The Labute approximate surface area is 114 Å². The van der Waals surface area contributed by atoms with Crippen molar-refractivity contribution in [1.29, 1.82) is 0 Å². The Morgan fingerprint density at radius 3 is 2.94 bits per heavy atom. The summed E-state index contributed by atoms with van der Waals surface area (Å²) in [4.78, 5) is 0. The van der Waals surface area contributed by atoms with Gasteiger partial charge in [-0.2, -0.15) is 0 Å². The van der Waals surface area contributed by atoms with E-state index in [1.807, 2.05) is 6.08 Å². The molecule has 0 aromatic heterocycles. The maximum atomic E-state index is 13.7. The lowest BCUT2D eigenvalue weighted by Gasteiger charge is -2.02. The lowest BCUT2D eigenvalue weighted by Crippen LogP contribution is -2.16. The van der Waals surface area contributed by atoms with E-state index in [-0.39, 0.29) is 10.8 Å². The fraction of sp³-hybridized carbons (Fsp3) is 0.385. The highest BCUT2D eigenvalue weighted by Crippen LogP contribution is 2.28. The molecule has 1 aromatic carbocycles. The lowest BCUT2D eigenvalue weighted by atomic mass is 10.2. The molecule has 4 heteroatoms. The summed E-state index contributed by atoms with van der Waals surface area (Å²) < 4.78 is 14.3. The van der Waals surface area contributed by atoms with Crippen LogP contribution in [0.3, 0.4) is 0 Å². The molecule has 1 fully saturated rings. The third-order valence-electron chi connectivity index (χ3n) is 2.68. The first-order valence-corrected chi connectivity index (χ1v) is 6.89. The minimum absolute atomic E-state index is 0.142. The van der Waals surface area contributed by atoms with Crippen LogP contribution in [0.2, 0.25) is 5.02 Å². The molecule has 0 spiro atoms. The average Bonchev–Trinajstić information content (AvgIpc) is 3.12. The number of hydrogen-bond acceptors (Lipinski definition) is 1. The monoisotopic (exact) mass is 317 g/mol. The summed E-state index contributed by atoms with van der Waals surface area (Å²) in [6.07, 6.45) is 7.24. The van der Waals surface area contributed by atoms with Crippen molar-refractivity contribution in [1.82, 2.24) is 5.32 Å². The van der Waals surface area contributed by atoms with Gasteiger partial charge in [0, 0.05) is 16.1 Å². The van der Waals surface area contributed by atoms with Crippen molar-refractivity contribution in [2.45, 2.75) is 25.3 Å². The molecule has 1 aromatic rings. The van der Waals surface area contributed by atoms with E-state index in [0.717, 1.165) is 19.0 Å². The van der Waals surface area contributed by atoms with Crippen molar-refractivity contribution >= 4 is 33.6 Å². The summed E-state index contributed by atoms with van der Waals surface area (Å²) in [6.45, 7) is 0.951. The first-order chi connectivity index (χ1) is 8.18. The van der Waals surface area contributed by atoms with Crippen LogP contribution in [-0.4, -0.2) is 12.6 Å². The van der Waals surface area contributed by atoms with Gasteiger partial charge in [0.15, 0.2) is 0 Å². The fourth-order valence-corrected chi connectivity index (χ4v) is 2.02. The van der Waals surface area contributed by atoms with E-state index in [2.05, 4.69) is 21.2 Å². The SMILES string of the molecule is Fc1c(/C=C/CCNC2CC2)ccc(Br)c1Cl. The van der Waals surface area contributed by atoms with Crippen LogP contribution in [0.15, 0.2) is 22.7 Å². The van der Waals surface area contributed by atoms with E-state index in [4.69, 9.17) is 11.6 Å². The Morgan fingerprint density at radius 1 is 1.47 bits per heavy atom. The highest BCUT2D eigenvalue weighted by molar-refractivity contribution is 9.10. The highest BCUT2D eigenvalue weighted by atomic mass is 79.9. The number of rotatable bonds is 5. The molecule has 0 radical (unpaired) electrons. The molecule has 1 aliphatic rings.